The van der Waals surface area contributed by atoms with Crippen LogP contribution in [-0.4, -0.2) is 35.0 Å². The van der Waals surface area contributed by atoms with Crippen molar-refractivity contribution in [2.75, 3.05) is 13.7 Å². The van der Waals surface area contributed by atoms with Gasteiger partial charge in [0.15, 0.2) is 11.4 Å². The van der Waals surface area contributed by atoms with E-state index in [0.29, 0.717) is 11.8 Å². The van der Waals surface area contributed by atoms with Gasteiger partial charge >= 0.3 is 0 Å². The molecule has 1 N–H and O–H groups in total. The van der Waals surface area contributed by atoms with E-state index >= 15 is 0 Å². The molecule has 0 saturated heterocycles. The fourth-order valence-electron chi connectivity index (χ4n) is 3.74. The van der Waals surface area contributed by atoms with Gasteiger partial charge in [0.25, 0.3) is 0 Å². The van der Waals surface area contributed by atoms with Crippen LogP contribution in [0.2, 0.25) is 0 Å². The van der Waals surface area contributed by atoms with Gasteiger partial charge in [0.2, 0.25) is 0 Å². The molecule has 6 unspecified atom stereocenters. The van der Waals surface area contributed by atoms with Gasteiger partial charge in [-0.1, -0.05) is 28.1 Å². The predicted molar refractivity (Wildman–Crippen MR) is 62.3 cm³/mol. The lowest BCUT2D eigenvalue weighted by atomic mass is 9.86. The van der Waals surface area contributed by atoms with Crippen LogP contribution in [-0.2, 0) is 9.53 Å². The molecule has 3 nitrogen and oxygen atoms in total. The van der Waals surface area contributed by atoms with Gasteiger partial charge in [-0.2, -0.15) is 0 Å². The van der Waals surface area contributed by atoms with Crippen LogP contribution in [0.1, 0.15) is 6.42 Å². The minimum atomic E-state index is -1.33. The highest BCUT2D eigenvalue weighted by atomic mass is 79.9. The molecule has 3 aliphatic carbocycles. The maximum Gasteiger partial charge on any atom is 0.171 e. The van der Waals surface area contributed by atoms with Crippen LogP contribution >= 0.6 is 15.9 Å². The SMILES string of the molecule is COCC1(O)C(=O)C2C3C=CC(C3)C2C1Br. The summed E-state index contributed by atoms with van der Waals surface area (Å²) < 4.78 is 5.00. The number of aliphatic hydroxyl groups is 1. The van der Waals surface area contributed by atoms with E-state index in [-0.39, 0.29) is 29.1 Å². The summed E-state index contributed by atoms with van der Waals surface area (Å²) in [5, 5.41) is 10.4. The fourth-order valence-corrected chi connectivity index (χ4v) is 4.82. The zero-order valence-corrected chi connectivity index (χ0v) is 10.7. The summed E-state index contributed by atoms with van der Waals surface area (Å²) in [6.07, 6.45) is 5.42. The average molecular weight is 287 g/mol. The first-order chi connectivity index (χ1) is 7.59. The average Bonchev–Trinajstić information content (AvgIpc) is 2.90. The minimum absolute atomic E-state index is 0.000440. The van der Waals surface area contributed by atoms with Crippen molar-refractivity contribution in [1.29, 1.82) is 0 Å². The highest BCUT2D eigenvalue weighted by Crippen LogP contribution is 2.58. The number of methoxy groups -OCH3 is 1. The van der Waals surface area contributed by atoms with Crippen molar-refractivity contribution in [3.63, 3.8) is 0 Å². The first-order valence-corrected chi connectivity index (χ1v) is 6.59. The largest absolute Gasteiger partial charge is 0.381 e. The van der Waals surface area contributed by atoms with Gasteiger partial charge in [-0.05, 0) is 24.2 Å². The fraction of sp³-hybridized carbons (Fsp3) is 0.750. The third-order valence-electron chi connectivity index (χ3n) is 4.41. The Balaban J connectivity index is 1.97. The van der Waals surface area contributed by atoms with Gasteiger partial charge in [-0.3, -0.25) is 4.79 Å². The Bertz CT molecular complexity index is 367. The molecule has 6 atom stereocenters. The Morgan fingerprint density at radius 1 is 1.56 bits per heavy atom. The maximum absolute atomic E-state index is 12.3. The molecule has 0 amide bonds. The van der Waals surface area contributed by atoms with Crippen molar-refractivity contribution in [2.24, 2.45) is 23.7 Å². The molecular weight excluding hydrogens is 272 g/mol. The third kappa shape index (κ3) is 1.13. The first kappa shape index (κ1) is 10.9. The van der Waals surface area contributed by atoms with E-state index in [2.05, 4.69) is 28.1 Å². The number of halogens is 1. The Hall–Kier alpha value is -0.190. The topological polar surface area (TPSA) is 46.5 Å². The summed E-state index contributed by atoms with van der Waals surface area (Å²) in [6, 6.07) is 0. The highest BCUT2D eigenvalue weighted by Gasteiger charge is 2.65. The van der Waals surface area contributed by atoms with Crippen LogP contribution in [0, 0.1) is 23.7 Å². The number of hydrogen-bond donors (Lipinski definition) is 1. The molecule has 0 aliphatic heterocycles. The summed E-state index contributed by atoms with van der Waals surface area (Å²) in [5.74, 6) is 1.02. The molecule has 0 aromatic carbocycles. The molecule has 0 aromatic heterocycles. The second-order valence-electron chi connectivity index (χ2n) is 5.17. The standard InChI is InChI=1S/C12H15BrO3/c1-16-5-12(15)10(13)8-6-2-3-7(4-6)9(8)11(12)14/h2-3,6-10,15H,4-5H2,1H3. The Morgan fingerprint density at radius 3 is 2.88 bits per heavy atom. The van der Waals surface area contributed by atoms with Crippen molar-refractivity contribution in [2.45, 2.75) is 16.8 Å². The molecule has 2 bridgehead atoms. The highest BCUT2D eigenvalue weighted by molar-refractivity contribution is 9.09. The number of ether oxygens (including phenoxy) is 1. The van der Waals surface area contributed by atoms with Crippen LogP contribution in [0.15, 0.2) is 12.2 Å². The van der Waals surface area contributed by atoms with Gasteiger partial charge in [0.1, 0.15) is 0 Å². The molecule has 0 heterocycles. The van der Waals surface area contributed by atoms with E-state index in [9.17, 15) is 9.90 Å². The summed E-state index contributed by atoms with van der Waals surface area (Å²) >= 11 is 3.53. The number of alkyl halides is 1. The molecule has 0 spiro atoms. The Kier molecular flexibility index (Phi) is 2.33. The zero-order valence-electron chi connectivity index (χ0n) is 9.10. The monoisotopic (exact) mass is 286 g/mol. The van der Waals surface area contributed by atoms with Gasteiger partial charge in [0.05, 0.1) is 11.4 Å². The number of allylic oxidation sites excluding steroid dienone is 2. The molecule has 3 rings (SSSR count). The van der Waals surface area contributed by atoms with Crippen molar-refractivity contribution in [3.8, 4) is 0 Å². The Morgan fingerprint density at radius 2 is 2.25 bits per heavy atom. The molecular formula is C12H15BrO3. The number of Topliss-reactive ketones (excluding diaryl/α,β-unsaturated/α-hetero) is 1. The number of carbonyl (C=O) groups excluding carboxylic acids is 1. The van der Waals surface area contributed by atoms with E-state index in [1.165, 1.54) is 7.11 Å². The predicted octanol–water partition coefficient (Wildman–Crippen LogP) is 1.15. The van der Waals surface area contributed by atoms with Crippen LogP contribution in [0.3, 0.4) is 0 Å². The minimum Gasteiger partial charge on any atom is -0.381 e. The van der Waals surface area contributed by atoms with Crippen molar-refractivity contribution in [3.05, 3.63) is 12.2 Å². The zero-order chi connectivity index (χ0) is 11.5. The summed E-state index contributed by atoms with van der Waals surface area (Å²) in [7, 11) is 1.52. The third-order valence-corrected chi connectivity index (χ3v) is 5.78. The van der Waals surface area contributed by atoms with Crippen molar-refractivity contribution in [1.82, 2.24) is 0 Å². The normalized spacial score (nSPS) is 53.7. The van der Waals surface area contributed by atoms with E-state index in [1.807, 2.05) is 0 Å². The number of ketones is 1. The molecule has 3 aliphatic rings. The van der Waals surface area contributed by atoms with E-state index < -0.39 is 5.60 Å². The quantitative estimate of drug-likeness (QED) is 0.612. The van der Waals surface area contributed by atoms with Gasteiger partial charge in [0, 0.05) is 13.0 Å². The lowest BCUT2D eigenvalue weighted by molar-refractivity contribution is -0.141. The molecule has 2 saturated carbocycles. The maximum atomic E-state index is 12.3. The lowest BCUT2D eigenvalue weighted by Crippen LogP contribution is -2.47. The smallest absolute Gasteiger partial charge is 0.171 e. The molecule has 0 aromatic rings. The summed E-state index contributed by atoms with van der Waals surface area (Å²) in [5.41, 5.74) is -1.33. The lowest BCUT2D eigenvalue weighted by Gasteiger charge is -2.27. The second kappa shape index (κ2) is 3.40. The van der Waals surface area contributed by atoms with E-state index in [4.69, 9.17) is 4.74 Å². The number of hydrogen-bond acceptors (Lipinski definition) is 3. The van der Waals surface area contributed by atoms with Gasteiger partial charge in [-0.15, -0.1) is 0 Å². The number of fused-ring (bicyclic) bond motifs is 5. The van der Waals surface area contributed by atoms with Crippen molar-refractivity contribution >= 4 is 21.7 Å². The van der Waals surface area contributed by atoms with Gasteiger partial charge in [-0.25, -0.2) is 0 Å². The van der Waals surface area contributed by atoms with Crippen LogP contribution in [0.25, 0.3) is 0 Å². The second-order valence-corrected chi connectivity index (χ2v) is 6.16. The van der Waals surface area contributed by atoms with E-state index in [1.54, 1.807) is 0 Å². The molecule has 2 fully saturated rings. The van der Waals surface area contributed by atoms with Crippen molar-refractivity contribution < 1.29 is 14.6 Å². The molecule has 0 radical (unpaired) electrons. The van der Waals surface area contributed by atoms with Crippen LogP contribution in [0.5, 0.6) is 0 Å². The van der Waals surface area contributed by atoms with Crippen LogP contribution < -0.4 is 0 Å². The first-order valence-electron chi connectivity index (χ1n) is 5.67. The van der Waals surface area contributed by atoms with E-state index in [0.717, 1.165) is 6.42 Å². The Labute approximate surface area is 103 Å². The summed E-state index contributed by atoms with van der Waals surface area (Å²) in [4.78, 5) is 12.1. The molecule has 4 heteroatoms. The van der Waals surface area contributed by atoms with Crippen LogP contribution in [0.4, 0.5) is 0 Å². The molecule has 88 valence electrons. The number of rotatable bonds is 2. The summed E-state index contributed by atoms with van der Waals surface area (Å²) in [6.45, 7) is 0.0915. The van der Waals surface area contributed by atoms with Gasteiger partial charge < -0.3 is 9.84 Å². The molecule has 16 heavy (non-hydrogen) atoms. The number of carbonyl (C=O) groups is 1.